The van der Waals surface area contributed by atoms with E-state index in [2.05, 4.69) is 5.32 Å². The zero-order valence-electron chi connectivity index (χ0n) is 17.8. The first kappa shape index (κ1) is 22.1. The summed E-state index contributed by atoms with van der Waals surface area (Å²) in [5, 5.41) is 3.33. The molecule has 0 spiro atoms. The smallest absolute Gasteiger partial charge is 0.408 e. The molecule has 7 nitrogen and oxygen atoms in total. The molecule has 31 heavy (non-hydrogen) atoms. The Balaban J connectivity index is 1.67. The van der Waals surface area contributed by atoms with Gasteiger partial charge < -0.3 is 19.2 Å². The molecule has 0 saturated carbocycles. The van der Waals surface area contributed by atoms with Gasteiger partial charge in [-0.05, 0) is 43.5 Å². The summed E-state index contributed by atoms with van der Waals surface area (Å²) >= 11 is 0. The number of rotatable bonds is 7. The third-order valence-electron chi connectivity index (χ3n) is 5.01. The van der Waals surface area contributed by atoms with Crippen molar-refractivity contribution < 1.29 is 23.5 Å². The molecular weight excluding hydrogens is 398 g/mol. The topological polar surface area (TPSA) is 94.8 Å². The first-order valence-corrected chi connectivity index (χ1v) is 10.1. The molecule has 0 fully saturated rings. The van der Waals surface area contributed by atoms with Crippen LogP contribution in [0.4, 0.5) is 4.79 Å². The normalized spacial score (nSPS) is 11.7. The van der Waals surface area contributed by atoms with Gasteiger partial charge in [0.15, 0.2) is 0 Å². The third-order valence-corrected chi connectivity index (χ3v) is 5.01. The highest BCUT2D eigenvalue weighted by molar-refractivity contribution is 5.85. The first-order valence-electron chi connectivity index (χ1n) is 10.1. The largest absolute Gasteiger partial charge is 0.445 e. The number of carbonyl (C=O) groups is 2. The van der Waals surface area contributed by atoms with Crippen molar-refractivity contribution >= 4 is 23.0 Å². The molecule has 0 aliphatic rings. The zero-order chi connectivity index (χ0) is 22.4. The Labute approximate surface area is 180 Å². The number of carbonyl (C=O) groups excluding carboxylic acids is 2. The second-order valence-corrected chi connectivity index (χ2v) is 7.27. The van der Waals surface area contributed by atoms with Crippen LogP contribution in [0.2, 0.25) is 0 Å². The SMILES string of the molecule is CCC[C@@H](NC(=O)OCc1ccccc1)C(=O)Oc1ccc2c(C)c(C)c(=O)oc2c1. The van der Waals surface area contributed by atoms with Crippen LogP contribution in [0.5, 0.6) is 5.75 Å². The molecule has 0 saturated heterocycles. The van der Waals surface area contributed by atoms with Gasteiger partial charge in [-0.25, -0.2) is 14.4 Å². The van der Waals surface area contributed by atoms with Crippen molar-refractivity contribution in [2.75, 3.05) is 0 Å². The standard InChI is InChI=1S/C24H25NO6/c1-4-8-20(25-24(28)29-14-17-9-6-5-7-10-17)23(27)30-18-11-12-19-15(2)16(3)22(26)31-21(19)13-18/h5-7,9-13,20H,4,8,14H2,1-3H3,(H,25,28)/t20-/m1/s1. The van der Waals surface area contributed by atoms with Gasteiger partial charge in [-0.1, -0.05) is 43.7 Å². The van der Waals surface area contributed by atoms with Crippen molar-refractivity contribution in [1.29, 1.82) is 0 Å². The number of hydrogen-bond acceptors (Lipinski definition) is 6. The summed E-state index contributed by atoms with van der Waals surface area (Å²) in [4.78, 5) is 36.7. The zero-order valence-corrected chi connectivity index (χ0v) is 17.8. The Morgan fingerprint density at radius 1 is 1.06 bits per heavy atom. The van der Waals surface area contributed by atoms with Gasteiger partial charge in [0.05, 0.1) is 0 Å². The fraction of sp³-hybridized carbons (Fsp3) is 0.292. The van der Waals surface area contributed by atoms with Crippen molar-refractivity contribution in [3.8, 4) is 5.75 Å². The van der Waals surface area contributed by atoms with Crippen LogP contribution in [0.3, 0.4) is 0 Å². The van der Waals surface area contributed by atoms with Crippen molar-refractivity contribution in [3.63, 3.8) is 0 Å². The Morgan fingerprint density at radius 2 is 1.81 bits per heavy atom. The molecule has 0 radical (unpaired) electrons. The average Bonchev–Trinajstić information content (AvgIpc) is 2.76. The highest BCUT2D eigenvalue weighted by Crippen LogP contribution is 2.24. The summed E-state index contributed by atoms with van der Waals surface area (Å²) in [7, 11) is 0. The van der Waals surface area contributed by atoms with E-state index in [1.165, 1.54) is 6.07 Å². The maximum atomic E-state index is 12.7. The minimum atomic E-state index is -0.865. The van der Waals surface area contributed by atoms with Gasteiger partial charge in [0, 0.05) is 17.0 Å². The highest BCUT2D eigenvalue weighted by atomic mass is 16.6. The van der Waals surface area contributed by atoms with Crippen LogP contribution in [-0.2, 0) is 16.1 Å². The molecule has 0 unspecified atom stereocenters. The lowest BCUT2D eigenvalue weighted by molar-refractivity contribution is -0.136. The monoisotopic (exact) mass is 423 g/mol. The molecular formula is C24H25NO6. The predicted molar refractivity (Wildman–Crippen MR) is 116 cm³/mol. The number of amides is 1. The van der Waals surface area contributed by atoms with E-state index in [-0.39, 0.29) is 12.4 Å². The summed E-state index contributed by atoms with van der Waals surface area (Å²) in [5.74, 6) is -0.395. The fourth-order valence-electron chi connectivity index (χ4n) is 3.12. The highest BCUT2D eigenvalue weighted by Gasteiger charge is 2.23. The van der Waals surface area contributed by atoms with Crippen LogP contribution in [0.15, 0.2) is 57.7 Å². The van der Waals surface area contributed by atoms with Crippen molar-refractivity contribution in [2.24, 2.45) is 0 Å². The molecule has 1 heterocycles. The summed E-state index contributed by atoms with van der Waals surface area (Å²) in [6, 6.07) is 13.2. The number of benzene rings is 2. The van der Waals surface area contributed by atoms with Gasteiger partial charge >= 0.3 is 17.7 Å². The van der Waals surface area contributed by atoms with Crippen LogP contribution >= 0.6 is 0 Å². The Hall–Kier alpha value is -3.61. The first-order chi connectivity index (χ1) is 14.9. The molecule has 1 aromatic heterocycles. The second kappa shape index (κ2) is 9.93. The number of esters is 1. The average molecular weight is 423 g/mol. The Morgan fingerprint density at radius 3 is 2.52 bits per heavy atom. The number of hydrogen-bond donors (Lipinski definition) is 1. The number of aryl methyl sites for hydroxylation is 1. The van der Waals surface area contributed by atoms with E-state index in [1.54, 1.807) is 19.1 Å². The van der Waals surface area contributed by atoms with Crippen LogP contribution in [0.25, 0.3) is 11.0 Å². The van der Waals surface area contributed by atoms with E-state index in [9.17, 15) is 14.4 Å². The van der Waals surface area contributed by atoms with E-state index in [0.29, 0.717) is 24.0 Å². The van der Waals surface area contributed by atoms with E-state index in [1.807, 2.05) is 44.2 Å². The fourth-order valence-corrected chi connectivity index (χ4v) is 3.12. The second-order valence-electron chi connectivity index (χ2n) is 7.27. The van der Waals surface area contributed by atoms with E-state index in [0.717, 1.165) is 16.5 Å². The van der Waals surface area contributed by atoms with Gasteiger partial charge in [0.25, 0.3) is 0 Å². The van der Waals surface area contributed by atoms with Gasteiger partial charge in [0.2, 0.25) is 0 Å². The van der Waals surface area contributed by atoms with Crippen molar-refractivity contribution in [3.05, 3.63) is 75.6 Å². The lowest BCUT2D eigenvalue weighted by atomic mass is 10.1. The van der Waals surface area contributed by atoms with E-state index < -0.39 is 23.7 Å². The third kappa shape index (κ3) is 5.51. The molecule has 0 bridgehead atoms. The molecule has 3 rings (SSSR count). The predicted octanol–water partition coefficient (Wildman–Crippen LogP) is 4.41. The van der Waals surface area contributed by atoms with E-state index >= 15 is 0 Å². The summed E-state index contributed by atoms with van der Waals surface area (Å²) in [6.45, 7) is 5.53. The van der Waals surface area contributed by atoms with Crippen molar-refractivity contribution in [2.45, 2.75) is 46.3 Å². The van der Waals surface area contributed by atoms with Crippen molar-refractivity contribution in [1.82, 2.24) is 5.32 Å². The van der Waals surface area contributed by atoms with Crippen LogP contribution in [-0.4, -0.2) is 18.1 Å². The summed E-state index contributed by atoms with van der Waals surface area (Å²) in [6.07, 6.45) is 0.346. The number of nitrogens with one attached hydrogen (secondary N) is 1. The molecule has 1 N–H and O–H groups in total. The van der Waals surface area contributed by atoms with Crippen LogP contribution < -0.4 is 15.7 Å². The number of fused-ring (bicyclic) bond motifs is 1. The van der Waals surface area contributed by atoms with Gasteiger partial charge in [-0.2, -0.15) is 0 Å². The number of alkyl carbamates (subject to hydrolysis) is 1. The molecule has 3 aromatic rings. The van der Waals surface area contributed by atoms with Gasteiger partial charge in [0.1, 0.15) is 24.0 Å². The lowest BCUT2D eigenvalue weighted by Crippen LogP contribution is -2.43. The van der Waals surface area contributed by atoms with E-state index in [4.69, 9.17) is 13.9 Å². The van der Waals surface area contributed by atoms with Gasteiger partial charge in [-0.15, -0.1) is 0 Å². The maximum Gasteiger partial charge on any atom is 0.408 e. The molecule has 2 aromatic carbocycles. The minimum Gasteiger partial charge on any atom is -0.445 e. The molecule has 0 aliphatic carbocycles. The molecule has 162 valence electrons. The Bertz CT molecular complexity index is 1140. The quantitative estimate of drug-likeness (QED) is 0.344. The molecule has 1 amide bonds. The van der Waals surface area contributed by atoms with Crippen LogP contribution in [0.1, 0.15) is 36.5 Å². The number of ether oxygens (including phenoxy) is 2. The lowest BCUT2D eigenvalue weighted by Gasteiger charge is -2.17. The molecule has 7 heteroatoms. The maximum absolute atomic E-state index is 12.7. The summed E-state index contributed by atoms with van der Waals surface area (Å²) in [5.41, 5.74) is 2.10. The molecule has 0 aliphatic heterocycles. The van der Waals surface area contributed by atoms with Gasteiger partial charge in [-0.3, -0.25) is 0 Å². The molecule has 1 atom stereocenters. The van der Waals surface area contributed by atoms with Crippen LogP contribution in [0, 0.1) is 13.8 Å². The minimum absolute atomic E-state index is 0.100. The summed E-state index contributed by atoms with van der Waals surface area (Å²) < 4.78 is 15.9. The Kier molecular flexibility index (Phi) is 7.07.